The minimum absolute atomic E-state index is 0.00500. The van der Waals surface area contributed by atoms with Gasteiger partial charge in [0.15, 0.2) is 5.13 Å². The van der Waals surface area contributed by atoms with Crippen molar-refractivity contribution in [1.82, 2.24) is 9.88 Å². The molecule has 1 unspecified atom stereocenters. The van der Waals surface area contributed by atoms with Crippen LogP contribution in [-0.4, -0.2) is 47.1 Å². The molecule has 0 aromatic carbocycles. The van der Waals surface area contributed by atoms with Gasteiger partial charge in [0.25, 0.3) is 0 Å². The van der Waals surface area contributed by atoms with Crippen molar-refractivity contribution in [2.45, 2.75) is 19.3 Å². The molecule has 1 aromatic heterocycles. The van der Waals surface area contributed by atoms with Gasteiger partial charge in [-0.15, -0.1) is 11.3 Å². The van der Waals surface area contributed by atoms with Gasteiger partial charge < -0.3 is 10.4 Å². The molecule has 1 fully saturated rings. The van der Waals surface area contributed by atoms with Crippen molar-refractivity contribution in [1.29, 1.82) is 0 Å². The van der Waals surface area contributed by atoms with Gasteiger partial charge >= 0.3 is 0 Å². The molecule has 0 radical (unpaired) electrons. The Hall–Kier alpha value is -0.980. The number of nitrogens with one attached hydrogen (secondary N) is 1. The van der Waals surface area contributed by atoms with Crippen LogP contribution in [0.2, 0.25) is 0 Å². The molecule has 0 bridgehead atoms. The summed E-state index contributed by atoms with van der Waals surface area (Å²) in [5, 5.41) is 14.2. The van der Waals surface area contributed by atoms with E-state index >= 15 is 0 Å². The Morgan fingerprint density at radius 3 is 3.28 bits per heavy atom. The van der Waals surface area contributed by atoms with Crippen molar-refractivity contribution in [2.75, 3.05) is 31.6 Å². The summed E-state index contributed by atoms with van der Waals surface area (Å²) in [7, 11) is 0. The number of carbonyl (C=O) groups excluding carboxylic acids is 1. The van der Waals surface area contributed by atoms with Gasteiger partial charge in [-0.3, -0.25) is 9.69 Å². The fourth-order valence-corrected chi connectivity index (χ4v) is 2.91. The van der Waals surface area contributed by atoms with Gasteiger partial charge in [0, 0.05) is 24.7 Å². The Balaban J connectivity index is 1.76. The Bertz CT molecular complexity index is 367. The number of hydrogen-bond acceptors (Lipinski definition) is 5. The molecule has 1 aliphatic rings. The maximum absolute atomic E-state index is 11.8. The van der Waals surface area contributed by atoms with E-state index in [9.17, 15) is 4.79 Å². The van der Waals surface area contributed by atoms with Crippen LogP contribution in [0, 0.1) is 5.92 Å². The second-order valence-electron chi connectivity index (χ2n) is 4.64. The monoisotopic (exact) mass is 269 g/mol. The van der Waals surface area contributed by atoms with Gasteiger partial charge in [0.05, 0.1) is 6.54 Å². The summed E-state index contributed by atoms with van der Waals surface area (Å²) < 4.78 is 0. The quantitative estimate of drug-likeness (QED) is 0.842. The minimum atomic E-state index is -0.00500. The second kappa shape index (κ2) is 6.82. The van der Waals surface area contributed by atoms with Crippen LogP contribution in [0.4, 0.5) is 5.13 Å². The summed E-state index contributed by atoms with van der Waals surface area (Å²) in [5.41, 5.74) is 0. The lowest BCUT2D eigenvalue weighted by Gasteiger charge is -2.31. The first kappa shape index (κ1) is 13.5. The first-order valence-electron chi connectivity index (χ1n) is 6.30. The van der Waals surface area contributed by atoms with E-state index in [0.717, 1.165) is 32.4 Å². The largest absolute Gasteiger partial charge is 0.396 e. The topological polar surface area (TPSA) is 65.5 Å². The average Bonchev–Trinajstić information content (AvgIpc) is 2.82. The molecule has 18 heavy (non-hydrogen) atoms. The number of amides is 1. The molecule has 1 atom stereocenters. The average molecular weight is 269 g/mol. The zero-order valence-corrected chi connectivity index (χ0v) is 11.2. The number of aromatic nitrogens is 1. The summed E-state index contributed by atoms with van der Waals surface area (Å²) in [6, 6.07) is 0. The predicted octanol–water partition coefficient (Wildman–Crippen LogP) is 1.18. The zero-order chi connectivity index (χ0) is 12.8. The van der Waals surface area contributed by atoms with Gasteiger partial charge in [-0.1, -0.05) is 0 Å². The minimum Gasteiger partial charge on any atom is -0.396 e. The van der Waals surface area contributed by atoms with E-state index in [1.165, 1.54) is 11.3 Å². The third-order valence-electron chi connectivity index (χ3n) is 3.19. The van der Waals surface area contributed by atoms with Crippen molar-refractivity contribution in [3.05, 3.63) is 11.6 Å². The lowest BCUT2D eigenvalue weighted by Crippen LogP contribution is -2.40. The molecule has 2 heterocycles. The lowest BCUT2D eigenvalue weighted by molar-refractivity contribution is -0.117. The molecule has 2 N–H and O–H groups in total. The van der Waals surface area contributed by atoms with Gasteiger partial charge in [-0.2, -0.15) is 0 Å². The van der Waals surface area contributed by atoms with Gasteiger partial charge in [0.2, 0.25) is 5.91 Å². The van der Waals surface area contributed by atoms with Gasteiger partial charge in [-0.05, 0) is 31.7 Å². The van der Waals surface area contributed by atoms with E-state index in [1.807, 2.05) is 5.38 Å². The fourth-order valence-electron chi connectivity index (χ4n) is 2.36. The number of anilines is 1. The number of nitrogens with zero attached hydrogens (tertiary/aromatic N) is 2. The van der Waals surface area contributed by atoms with Crippen molar-refractivity contribution in [2.24, 2.45) is 5.92 Å². The molecule has 5 nitrogen and oxygen atoms in total. The Labute approximate surface area is 111 Å². The third kappa shape index (κ3) is 4.04. The Kier molecular flexibility index (Phi) is 5.10. The molecular formula is C12H19N3O2S. The molecule has 1 aliphatic heterocycles. The molecule has 0 aliphatic carbocycles. The number of aliphatic hydroxyl groups excluding tert-OH is 1. The number of piperidine rings is 1. The van der Waals surface area contributed by atoms with E-state index in [2.05, 4.69) is 15.2 Å². The molecule has 1 aromatic rings. The van der Waals surface area contributed by atoms with Crippen molar-refractivity contribution >= 4 is 22.4 Å². The predicted molar refractivity (Wildman–Crippen MR) is 71.6 cm³/mol. The molecule has 1 amide bonds. The van der Waals surface area contributed by atoms with Crippen LogP contribution in [0.1, 0.15) is 19.3 Å². The second-order valence-corrected chi connectivity index (χ2v) is 5.54. The van der Waals surface area contributed by atoms with E-state index < -0.39 is 0 Å². The summed E-state index contributed by atoms with van der Waals surface area (Å²) in [6.45, 7) is 2.53. The molecule has 0 spiro atoms. The first-order chi connectivity index (χ1) is 8.78. The van der Waals surface area contributed by atoms with Crippen molar-refractivity contribution < 1.29 is 9.90 Å². The van der Waals surface area contributed by atoms with E-state index in [1.54, 1.807) is 6.20 Å². The summed E-state index contributed by atoms with van der Waals surface area (Å²) in [4.78, 5) is 18.0. The Morgan fingerprint density at radius 1 is 1.67 bits per heavy atom. The number of likely N-dealkylation sites (tertiary alicyclic amines) is 1. The first-order valence-corrected chi connectivity index (χ1v) is 7.18. The van der Waals surface area contributed by atoms with Crippen molar-refractivity contribution in [3.8, 4) is 0 Å². The lowest BCUT2D eigenvalue weighted by atomic mass is 9.95. The molecule has 6 heteroatoms. The SMILES string of the molecule is O=C(CN1CCCC(CCO)C1)Nc1nccs1. The van der Waals surface area contributed by atoms with Gasteiger partial charge in [0.1, 0.15) is 0 Å². The Morgan fingerprint density at radius 2 is 2.56 bits per heavy atom. The van der Waals surface area contributed by atoms with Crippen LogP contribution in [0.3, 0.4) is 0 Å². The molecule has 1 saturated heterocycles. The van der Waals surface area contributed by atoms with Crippen LogP contribution in [0.5, 0.6) is 0 Å². The standard InChI is InChI=1S/C12H19N3O2S/c16-6-3-10-2-1-5-15(8-10)9-11(17)14-12-13-4-7-18-12/h4,7,10,16H,1-3,5-6,8-9H2,(H,13,14,17). The number of hydrogen-bond donors (Lipinski definition) is 2. The van der Waals surface area contributed by atoms with Crippen LogP contribution in [-0.2, 0) is 4.79 Å². The van der Waals surface area contributed by atoms with Crippen LogP contribution < -0.4 is 5.32 Å². The molecule has 2 rings (SSSR count). The summed E-state index contributed by atoms with van der Waals surface area (Å²) in [5.74, 6) is 0.519. The van der Waals surface area contributed by atoms with Gasteiger partial charge in [-0.25, -0.2) is 4.98 Å². The normalized spacial score (nSPS) is 20.8. The van der Waals surface area contributed by atoms with E-state index in [4.69, 9.17) is 5.11 Å². The summed E-state index contributed by atoms with van der Waals surface area (Å²) in [6.07, 6.45) is 4.78. The van der Waals surface area contributed by atoms with Crippen LogP contribution in [0.15, 0.2) is 11.6 Å². The van der Waals surface area contributed by atoms with E-state index in [-0.39, 0.29) is 12.5 Å². The highest BCUT2D eigenvalue weighted by atomic mass is 32.1. The van der Waals surface area contributed by atoms with Crippen molar-refractivity contribution in [3.63, 3.8) is 0 Å². The smallest absolute Gasteiger partial charge is 0.240 e. The molecular weight excluding hydrogens is 250 g/mol. The maximum atomic E-state index is 11.8. The fraction of sp³-hybridized carbons (Fsp3) is 0.667. The van der Waals surface area contributed by atoms with E-state index in [0.29, 0.717) is 17.6 Å². The highest BCUT2D eigenvalue weighted by Crippen LogP contribution is 2.19. The number of rotatable bonds is 5. The number of carbonyl (C=O) groups is 1. The van der Waals surface area contributed by atoms with Crippen LogP contribution >= 0.6 is 11.3 Å². The highest BCUT2D eigenvalue weighted by Gasteiger charge is 2.21. The maximum Gasteiger partial charge on any atom is 0.240 e. The summed E-state index contributed by atoms with van der Waals surface area (Å²) >= 11 is 1.43. The third-order valence-corrected chi connectivity index (χ3v) is 3.87. The number of aliphatic hydroxyl groups is 1. The zero-order valence-electron chi connectivity index (χ0n) is 10.3. The highest BCUT2D eigenvalue weighted by molar-refractivity contribution is 7.13. The molecule has 100 valence electrons. The van der Waals surface area contributed by atoms with Crippen LogP contribution in [0.25, 0.3) is 0 Å². The number of thiazole rings is 1. The molecule has 0 saturated carbocycles.